The van der Waals surface area contributed by atoms with Crippen LogP contribution in [-0.4, -0.2) is 30.4 Å². The highest BCUT2D eigenvalue weighted by molar-refractivity contribution is 5.97. The number of esters is 1. The molecule has 3 aromatic rings. The average molecular weight is 405 g/mol. The van der Waals surface area contributed by atoms with Crippen molar-refractivity contribution in [3.63, 3.8) is 0 Å². The summed E-state index contributed by atoms with van der Waals surface area (Å²) >= 11 is 0. The first kappa shape index (κ1) is 21.0. The van der Waals surface area contributed by atoms with Gasteiger partial charge in [0, 0.05) is 17.7 Å². The van der Waals surface area contributed by atoms with Gasteiger partial charge in [0.05, 0.1) is 0 Å². The highest BCUT2D eigenvalue weighted by atomic mass is 16.6. The van der Waals surface area contributed by atoms with E-state index in [-0.39, 0.29) is 12.4 Å². The number of hydrogen-bond donors (Lipinski definition) is 1. The Bertz CT molecular complexity index is 1060. The molecule has 0 heterocycles. The summed E-state index contributed by atoms with van der Waals surface area (Å²) in [5.74, 6) is -0.619. The summed E-state index contributed by atoms with van der Waals surface area (Å²) in [5, 5.41) is 4.82. The van der Waals surface area contributed by atoms with Gasteiger partial charge in [0.25, 0.3) is 5.91 Å². The van der Waals surface area contributed by atoms with Crippen LogP contribution in [-0.2, 0) is 14.3 Å². The number of hydrogen-bond acceptors (Lipinski definition) is 5. The Kier molecular flexibility index (Phi) is 6.80. The molecule has 0 aliphatic carbocycles. The van der Waals surface area contributed by atoms with Gasteiger partial charge in [0.15, 0.2) is 18.5 Å². The summed E-state index contributed by atoms with van der Waals surface area (Å²) in [5.41, 5.74) is 1.21. The molecule has 6 nitrogen and oxygen atoms in total. The molecule has 3 rings (SSSR count). The third kappa shape index (κ3) is 5.44. The summed E-state index contributed by atoms with van der Waals surface area (Å²) in [6, 6.07) is 19.9. The Morgan fingerprint density at radius 2 is 1.63 bits per heavy atom. The molecule has 0 unspecified atom stereocenters. The smallest absolute Gasteiger partial charge is 0.344 e. The normalized spacial score (nSPS) is 11.5. The molecule has 1 N–H and O–H groups in total. The zero-order valence-electron chi connectivity index (χ0n) is 16.9. The van der Waals surface area contributed by atoms with Crippen LogP contribution < -0.4 is 10.1 Å². The molecule has 0 aromatic heterocycles. The highest BCUT2D eigenvalue weighted by Gasteiger charge is 2.18. The minimum Gasteiger partial charge on any atom is -0.482 e. The second-order valence-corrected chi connectivity index (χ2v) is 6.77. The van der Waals surface area contributed by atoms with Crippen LogP contribution in [0.15, 0.2) is 66.7 Å². The molecule has 0 fully saturated rings. The van der Waals surface area contributed by atoms with E-state index in [1.54, 1.807) is 37.3 Å². The van der Waals surface area contributed by atoms with Crippen molar-refractivity contribution in [3.05, 3.63) is 72.3 Å². The number of anilines is 1. The second-order valence-electron chi connectivity index (χ2n) is 6.77. The molecule has 0 saturated carbocycles. The van der Waals surface area contributed by atoms with Crippen LogP contribution in [0.4, 0.5) is 5.69 Å². The fourth-order valence-electron chi connectivity index (χ4n) is 2.88. The predicted molar refractivity (Wildman–Crippen MR) is 115 cm³/mol. The van der Waals surface area contributed by atoms with Crippen LogP contribution in [0.1, 0.15) is 30.6 Å². The van der Waals surface area contributed by atoms with E-state index in [9.17, 15) is 14.4 Å². The number of nitrogens with one attached hydrogen (secondary N) is 1. The molecule has 154 valence electrons. The van der Waals surface area contributed by atoms with Crippen molar-refractivity contribution in [2.75, 3.05) is 11.9 Å². The van der Waals surface area contributed by atoms with Crippen LogP contribution in [0.25, 0.3) is 10.8 Å². The number of rotatable bonds is 8. The number of ether oxygens (including phenoxy) is 2. The van der Waals surface area contributed by atoms with Crippen molar-refractivity contribution in [3.8, 4) is 5.75 Å². The lowest BCUT2D eigenvalue weighted by Crippen LogP contribution is -2.31. The van der Waals surface area contributed by atoms with Crippen LogP contribution in [0.3, 0.4) is 0 Å². The summed E-state index contributed by atoms with van der Waals surface area (Å²) in [4.78, 5) is 35.9. The van der Waals surface area contributed by atoms with E-state index in [0.29, 0.717) is 23.4 Å². The molecule has 6 heteroatoms. The topological polar surface area (TPSA) is 81.7 Å². The van der Waals surface area contributed by atoms with E-state index < -0.39 is 18.0 Å². The van der Waals surface area contributed by atoms with Crippen molar-refractivity contribution in [1.82, 2.24) is 0 Å². The molecular formula is C24H23NO5. The summed E-state index contributed by atoms with van der Waals surface area (Å²) in [6.45, 7) is 2.95. The zero-order chi connectivity index (χ0) is 21.5. The minimum absolute atomic E-state index is 0.0345. The Balaban J connectivity index is 1.49. The monoisotopic (exact) mass is 405 g/mol. The summed E-state index contributed by atoms with van der Waals surface area (Å²) < 4.78 is 10.5. The molecule has 30 heavy (non-hydrogen) atoms. The Morgan fingerprint density at radius 3 is 2.33 bits per heavy atom. The maximum atomic E-state index is 12.3. The number of ketones is 1. The number of fused-ring (bicyclic) bond motifs is 1. The quantitative estimate of drug-likeness (QED) is 0.444. The van der Waals surface area contributed by atoms with Gasteiger partial charge in [-0.15, -0.1) is 0 Å². The van der Waals surface area contributed by atoms with Crippen molar-refractivity contribution in [2.45, 2.75) is 26.4 Å². The molecule has 1 atom stereocenters. The molecule has 0 aliphatic heterocycles. The van der Waals surface area contributed by atoms with Gasteiger partial charge in [-0.25, -0.2) is 4.79 Å². The fourth-order valence-corrected chi connectivity index (χ4v) is 2.88. The lowest BCUT2D eigenvalue weighted by atomic mass is 10.1. The minimum atomic E-state index is -0.975. The van der Waals surface area contributed by atoms with Gasteiger partial charge in [0.2, 0.25) is 0 Å². The van der Waals surface area contributed by atoms with Crippen LogP contribution in [0.2, 0.25) is 0 Å². The summed E-state index contributed by atoms with van der Waals surface area (Å²) in [6.07, 6.45) is -0.553. The molecule has 3 aromatic carbocycles. The van der Waals surface area contributed by atoms with E-state index in [4.69, 9.17) is 9.47 Å². The van der Waals surface area contributed by atoms with Gasteiger partial charge >= 0.3 is 5.97 Å². The lowest BCUT2D eigenvalue weighted by molar-refractivity contribution is -0.155. The van der Waals surface area contributed by atoms with E-state index in [1.807, 2.05) is 36.4 Å². The van der Waals surface area contributed by atoms with Gasteiger partial charge in [-0.05, 0) is 54.1 Å². The number of Topliss-reactive ketones (excluding diaryl/α,β-unsaturated/α-hetero) is 1. The highest BCUT2D eigenvalue weighted by Crippen LogP contribution is 2.19. The third-order valence-electron chi connectivity index (χ3n) is 4.55. The van der Waals surface area contributed by atoms with Crippen LogP contribution >= 0.6 is 0 Å². The van der Waals surface area contributed by atoms with Gasteiger partial charge in [-0.2, -0.15) is 0 Å². The number of amides is 1. The van der Waals surface area contributed by atoms with Crippen molar-refractivity contribution in [1.29, 1.82) is 0 Å². The van der Waals surface area contributed by atoms with Crippen molar-refractivity contribution >= 4 is 34.1 Å². The first-order valence-electron chi connectivity index (χ1n) is 9.71. The molecule has 0 bridgehead atoms. The van der Waals surface area contributed by atoms with E-state index in [1.165, 1.54) is 6.92 Å². The molecule has 0 saturated heterocycles. The molecular weight excluding hydrogens is 382 g/mol. The predicted octanol–water partition coefficient (Wildman–Crippen LogP) is 4.38. The van der Waals surface area contributed by atoms with E-state index in [2.05, 4.69) is 5.32 Å². The molecule has 0 spiro atoms. The Hall–Kier alpha value is -3.67. The maximum Gasteiger partial charge on any atom is 0.344 e. The van der Waals surface area contributed by atoms with Gasteiger partial charge in [-0.1, -0.05) is 37.3 Å². The van der Waals surface area contributed by atoms with Crippen LogP contribution in [0, 0.1) is 0 Å². The standard InChI is InChI=1S/C24H23NO5/c1-3-22(26)18-9-12-21(13-10-18)29-15-23(27)30-16(2)24(28)25-20-11-8-17-6-4-5-7-19(17)14-20/h4-14,16H,3,15H2,1-2H3,(H,25,28)/t16-/m1/s1. The average Bonchev–Trinajstić information content (AvgIpc) is 2.77. The Morgan fingerprint density at radius 1 is 0.933 bits per heavy atom. The molecule has 0 radical (unpaired) electrons. The third-order valence-corrected chi connectivity index (χ3v) is 4.55. The largest absolute Gasteiger partial charge is 0.482 e. The second kappa shape index (κ2) is 9.69. The van der Waals surface area contributed by atoms with Crippen molar-refractivity contribution < 1.29 is 23.9 Å². The maximum absolute atomic E-state index is 12.3. The zero-order valence-corrected chi connectivity index (χ0v) is 16.9. The van der Waals surface area contributed by atoms with Gasteiger partial charge in [-0.3, -0.25) is 9.59 Å². The van der Waals surface area contributed by atoms with Gasteiger partial charge < -0.3 is 14.8 Å². The van der Waals surface area contributed by atoms with Crippen LogP contribution in [0.5, 0.6) is 5.75 Å². The fraction of sp³-hybridized carbons (Fsp3) is 0.208. The van der Waals surface area contributed by atoms with E-state index >= 15 is 0 Å². The van der Waals surface area contributed by atoms with Gasteiger partial charge in [0.1, 0.15) is 5.75 Å². The number of carbonyl (C=O) groups excluding carboxylic acids is 3. The van der Waals surface area contributed by atoms with Crippen molar-refractivity contribution in [2.24, 2.45) is 0 Å². The first-order chi connectivity index (χ1) is 14.5. The number of carbonyl (C=O) groups is 3. The molecule has 0 aliphatic rings. The first-order valence-corrected chi connectivity index (χ1v) is 9.71. The molecule has 1 amide bonds. The number of benzene rings is 3. The summed E-state index contributed by atoms with van der Waals surface area (Å²) in [7, 11) is 0. The Labute approximate surface area is 174 Å². The SMILES string of the molecule is CCC(=O)c1ccc(OCC(=O)O[C@H](C)C(=O)Nc2ccc3ccccc3c2)cc1. The van der Waals surface area contributed by atoms with E-state index in [0.717, 1.165) is 10.8 Å². The lowest BCUT2D eigenvalue weighted by Gasteiger charge is -2.14.